The van der Waals surface area contributed by atoms with E-state index in [0.29, 0.717) is 38.8 Å². The van der Waals surface area contributed by atoms with E-state index in [0.717, 1.165) is 70.3 Å². The summed E-state index contributed by atoms with van der Waals surface area (Å²) in [4.78, 5) is 18.8. The van der Waals surface area contributed by atoms with E-state index in [4.69, 9.17) is 55.0 Å². The van der Waals surface area contributed by atoms with Gasteiger partial charge in [0.25, 0.3) is 0 Å². The maximum atomic E-state index is 8.88. The van der Waals surface area contributed by atoms with Crippen molar-refractivity contribution in [1.82, 2.24) is 0 Å². The van der Waals surface area contributed by atoms with Crippen molar-refractivity contribution < 1.29 is 55.0 Å². The summed E-state index contributed by atoms with van der Waals surface area (Å²) < 4.78 is 61.3. The van der Waals surface area contributed by atoms with E-state index in [-0.39, 0.29) is 18.9 Å². The van der Waals surface area contributed by atoms with Crippen LogP contribution in [-0.4, -0.2) is 55.1 Å². The molecule has 0 unspecified atom stereocenters. The van der Waals surface area contributed by atoms with Gasteiger partial charge < -0.3 is 14.3 Å². The summed E-state index contributed by atoms with van der Waals surface area (Å²) in [5.74, 6) is 6.91. The van der Waals surface area contributed by atoms with Crippen molar-refractivity contribution in [1.29, 1.82) is 0 Å². The van der Waals surface area contributed by atoms with Gasteiger partial charge in [-0.2, -0.15) is 0 Å². The van der Waals surface area contributed by atoms with Crippen LogP contribution in [-0.2, 0) is 57.6 Å². The van der Waals surface area contributed by atoms with Gasteiger partial charge in [0, 0.05) is 0 Å². The molecule has 0 atom stereocenters. The molecule has 3 fully saturated rings. The molecule has 0 bridgehead atoms. The number of unbranched alkanes of at least 4 members (excludes halogenated alkanes) is 5. The molecule has 0 radical (unpaired) electrons. The summed E-state index contributed by atoms with van der Waals surface area (Å²) in [5, 5.41) is 0. The first kappa shape index (κ1) is 40.9. The molecule has 50 heavy (non-hydrogen) atoms. The van der Waals surface area contributed by atoms with Gasteiger partial charge in [-0.3, -0.25) is 0 Å². The van der Waals surface area contributed by atoms with Crippen LogP contribution in [0.5, 0.6) is 0 Å². The molecule has 2 aromatic rings. The Morgan fingerprint density at radius 2 is 1.32 bits per heavy atom. The Morgan fingerprint density at radius 1 is 0.740 bits per heavy atom. The fraction of sp³-hybridized carbons (Fsp3) is 0.636. The third-order valence-corrected chi connectivity index (χ3v) is 19.3. The Hall–Kier alpha value is -0.280. The second-order valence-corrected chi connectivity index (χ2v) is 21.8. The SMILES string of the molecule is CCO[PH]1(Cc2cc(-c3ccc([PH]4(OCC)OC(C)O4)s3)c(C[PH]3(OCC)OC(C)O3)cc2C#CCCCCCCCOP(O)O)OC(C)O1. The van der Waals surface area contributed by atoms with Gasteiger partial charge in [-0.05, 0) is 0 Å². The van der Waals surface area contributed by atoms with Gasteiger partial charge in [0.15, 0.2) is 0 Å². The van der Waals surface area contributed by atoms with Gasteiger partial charge >= 0.3 is 290 Å². The standard InChI is InChI=1S/C33H54O12P4S/c1-7-37-47(40-25(4)41-47)23-29-22-31(32-18-19-33(50-32)49(39-9-3)44-27(6)45-49)30(24-48(38-8-2)42-26(5)43-48)21-28(29)17-15-13-11-10-12-14-16-20-36-46(34)35/h18-19,21-22,25-27,34-35,47-49H,7-14,16,20,23-24H2,1-6H3. The van der Waals surface area contributed by atoms with Crippen molar-refractivity contribution in [3.05, 3.63) is 41.0 Å². The normalized spacial score (nSPS) is 25.0. The molecule has 3 saturated heterocycles. The van der Waals surface area contributed by atoms with Crippen molar-refractivity contribution in [3.63, 3.8) is 0 Å². The summed E-state index contributed by atoms with van der Waals surface area (Å²) >= 11 is 1.62. The molecule has 3 aliphatic rings. The monoisotopic (exact) mass is 798 g/mol. The zero-order valence-electron chi connectivity index (χ0n) is 29.9. The molecule has 3 aliphatic heterocycles. The Balaban J connectivity index is 1.45. The summed E-state index contributed by atoms with van der Waals surface area (Å²) in [6.07, 6.45) is 5.64. The average molecular weight is 799 g/mol. The predicted molar refractivity (Wildman–Crippen MR) is 203 cm³/mol. The van der Waals surface area contributed by atoms with Gasteiger partial charge in [0.05, 0.1) is 0 Å². The maximum absolute atomic E-state index is 8.88. The summed E-state index contributed by atoms with van der Waals surface area (Å²) in [7, 11) is -11.1. The molecule has 17 heteroatoms. The molecule has 5 rings (SSSR count). The van der Waals surface area contributed by atoms with Crippen LogP contribution in [0.3, 0.4) is 0 Å². The van der Waals surface area contributed by atoms with E-state index in [9.17, 15) is 0 Å². The summed E-state index contributed by atoms with van der Waals surface area (Å²) in [6.45, 7) is 13.4. The van der Waals surface area contributed by atoms with Crippen LogP contribution in [0.4, 0.5) is 0 Å². The van der Waals surface area contributed by atoms with Crippen LogP contribution in [0.2, 0.25) is 0 Å². The molecule has 12 nitrogen and oxygen atoms in total. The molecule has 0 amide bonds. The first-order valence-electron chi connectivity index (χ1n) is 17.6. The van der Waals surface area contributed by atoms with Crippen molar-refractivity contribution >= 4 is 48.4 Å². The van der Waals surface area contributed by atoms with Crippen LogP contribution >= 0.6 is 43.8 Å². The summed E-state index contributed by atoms with van der Waals surface area (Å²) in [6, 6.07) is 8.51. The third-order valence-electron chi connectivity index (χ3n) is 8.28. The van der Waals surface area contributed by atoms with Gasteiger partial charge in [0.1, 0.15) is 0 Å². The van der Waals surface area contributed by atoms with E-state index in [1.165, 1.54) is 0 Å². The van der Waals surface area contributed by atoms with Crippen LogP contribution in [0, 0.1) is 11.8 Å². The number of rotatable bonds is 20. The van der Waals surface area contributed by atoms with E-state index >= 15 is 0 Å². The molecule has 1 aromatic heterocycles. The molecule has 0 spiro atoms. The third kappa shape index (κ3) is 10.5. The molecular formula is C33H54O12P4S. The minimum absolute atomic E-state index is 0.294. The quantitative estimate of drug-likeness (QED) is 0.0754. The van der Waals surface area contributed by atoms with Gasteiger partial charge in [-0.15, -0.1) is 0 Å². The average Bonchev–Trinajstić information content (AvgIpc) is 3.51. The second kappa shape index (κ2) is 18.8. The molecular weight excluding hydrogens is 744 g/mol. The zero-order valence-corrected chi connectivity index (χ0v) is 34.6. The number of benzene rings is 1. The van der Waals surface area contributed by atoms with Crippen LogP contribution in [0.15, 0.2) is 24.3 Å². The van der Waals surface area contributed by atoms with Gasteiger partial charge in [-0.25, -0.2) is 0 Å². The Kier molecular flexibility index (Phi) is 15.4. The second-order valence-electron chi connectivity index (χ2n) is 12.2. The van der Waals surface area contributed by atoms with E-state index in [1.807, 2.05) is 41.5 Å². The van der Waals surface area contributed by atoms with Gasteiger partial charge in [-0.1, -0.05) is 0 Å². The van der Waals surface area contributed by atoms with Crippen molar-refractivity contribution in [2.24, 2.45) is 0 Å². The fourth-order valence-electron chi connectivity index (χ4n) is 6.36. The first-order chi connectivity index (χ1) is 24.0. The first-order valence-corrected chi connectivity index (χ1v) is 25.2. The van der Waals surface area contributed by atoms with E-state index in [1.54, 1.807) is 11.3 Å². The Morgan fingerprint density at radius 3 is 1.90 bits per heavy atom. The predicted octanol–water partition coefficient (Wildman–Crippen LogP) is 8.73. The molecule has 4 heterocycles. The van der Waals surface area contributed by atoms with Crippen LogP contribution in [0.1, 0.15) is 96.8 Å². The van der Waals surface area contributed by atoms with Crippen molar-refractivity contribution in [2.75, 3.05) is 26.4 Å². The topological polar surface area (TPSA) is 133 Å². The van der Waals surface area contributed by atoms with Crippen molar-refractivity contribution in [2.45, 2.75) is 111 Å². The Bertz CT molecular complexity index is 1430. The molecule has 1 aromatic carbocycles. The minimum atomic E-state index is -2.94. The van der Waals surface area contributed by atoms with E-state index in [2.05, 4.69) is 36.1 Å². The molecule has 0 saturated carbocycles. The fourth-order valence-corrected chi connectivity index (χ4v) is 16.1. The Labute approximate surface area is 303 Å². The van der Waals surface area contributed by atoms with Gasteiger partial charge in [0.2, 0.25) is 0 Å². The van der Waals surface area contributed by atoms with Crippen molar-refractivity contribution in [3.8, 4) is 22.3 Å². The molecule has 2 N–H and O–H groups in total. The van der Waals surface area contributed by atoms with Crippen LogP contribution in [0.25, 0.3) is 10.4 Å². The molecule has 0 aliphatic carbocycles. The number of hydrogen-bond acceptors (Lipinski definition) is 13. The molecule has 284 valence electrons. The van der Waals surface area contributed by atoms with E-state index < -0.39 is 32.4 Å². The summed E-state index contributed by atoms with van der Waals surface area (Å²) in [5.41, 5.74) is 3.96. The number of thiophene rings is 1. The zero-order chi connectivity index (χ0) is 35.8. The van der Waals surface area contributed by atoms with Crippen LogP contribution < -0.4 is 4.62 Å². The number of hydrogen-bond donors (Lipinski definition) is 2.